The van der Waals surface area contributed by atoms with E-state index >= 15 is 0 Å². The largest absolute Gasteiger partial charge is 0.327 e. The highest BCUT2D eigenvalue weighted by Gasteiger charge is 2.11. The highest BCUT2D eigenvalue weighted by molar-refractivity contribution is 6.31. The summed E-state index contributed by atoms with van der Waals surface area (Å²) in [5, 5.41) is 3.51. The summed E-state index contributed by atoms with van der Waals surface area (Å²) < 4.78 is 0. The van der Waals surface area contributed by atoms with E-state index in [0.29, 0.717) is 17.5 Å². The highest BCUT2D eigenvalue weighted by atomic mass is 35.5. The average Bonchev–Trinajstić information content (AvgIpc) is 2.40. The minimum Gasteiger partial charge on any atom is -0.327 e. The van der Waals surface area contributed by atoms with Crippen molar-refractivity contribution < 1.29 is 4.79 Å². The van der Waals surface area contributed by atoms with Crippen molar-refractivity contribution in [2.45, 2.75) is 33.2 Å². The van der Waals surface area contributed by atoms with Gasteiger partial charge in [-0.05, 0) is 50.6 Å². The Morgan fingerprint density at radius 3 is 2.67 bits per heavy atom. The van der Waals surface area contributed by atoms with Crippen molar-refractivity contribution >= 4 is 23.2 Å². The van der Waals surface area contributed by atoms with Gasteiger partial charge < -0.3 is 11.1 Å². The van der Waals surface area contributed by atoms with Crippen LogP contribution in [0.3, 0.4) is 0 Å². The second kappa shape index (κ2) is 8.37. The van der Waals surface area contributed by atoms with E-state index in [9.17, 15) is 4.79 Å². The van der Waals surface area contributed by atoms with Crippen LogP contribution < -0.4 is 11.1 Å². The molecule has 0 saturated heterocycles. The minimum absolute atomic E-state index is 0.0458. The predicted molar refractivity (Wildman–Crippen MR) is 89.7 cm³/mol. The van der Waals surface area contributed by atoms with Crippen molar-refractivity contribution in [2.24, 2.45) is 11.7 Å². The number of carbonyl (C=O) groups is 1. The summed E-state index contributed by atoms with van der Waals surface area (Å²) in [7, 11) is 1.93. The molecule has 0 heterocycles. The van der Waals surface area contributed by atoms with Crippen LogP contribution in [0.1, 0.15) is 25.8 Å². The molecule has 0 bridgehead atoms. The van der Waals surface area contributed by atoms with Crippen molar-refractivity contribution in [2.75, 3.05) is 25.5 Å². The fourth-order valence-corrected chi connectivity index (χ4v) is 2.08. The lowest BCUT2D eigenvalue weighted by Gasteiger charge is -2.21. The molecule has 21 heavy (non-hydrogen) atoms. The number of anilines is 1. The number of rotatable bonds is 7. The van der Waals surface area contributed by atoms with Gasteiger partial charge in [0.05, 0.1) is 6.54 Å². The monoisotopic (exact) mass is 311 g/mol. The molecule has 1 aromatic rings. The van der Waals surface area contributed by atoms with Gasteiger partial charge in [-0.2, -0.15) is 0 Å². The standard InChI is InChI=1S/C16H26ClN3O/c1-11(2)15(18)7-8-20(4)10-16(21)19-13-6-5-12(3)14(17)9-13/h5-6,9,11,15H,7-8,10,18H2,1-4H3,(H,19,21). The van der Waals surface area contributed by atoms with Crippen molar-refractivity contribution in [1.82, 2.24) is 4.90 Å². The zero-order chi connectivity index (χ0) is 16.0. The van der Waals surface area contributed by atoms with Crippen LogP contribution in [0.15, 0.2) is 18.2 Å². The zero-order valence-electron chi connectivity index (χ0n) is 13.3. The first-order valence-electron chi connectivity index (χ1n) is 7.29. The second-order valence-electron chi connectivity index (χ2n) is 5.95. The van der Waals surface area contributed by atoms with Crippen LogP contribution in [0.4, 0.5) is 5.69 Å². The molecule has 4 nitrogen and oxygen atoms in total. The van der Waals surface area contributed by atoms with Gasteiger partial charge >= 0.3 is 0 Å². The number of halogens is 1. The van der Waals surface area contributed by atoms with E-state index in [1.165, 1.54) is 0 Å². The first-order chi connectivity index (χ1) is 9.79. The number of benzene rings is 1. The Hall–Kier alpha value is -1.10. The molecule has 118 valence electrons. The molecule has 0 radical (unpaired) electrons. The third-order valence-corrected chi connectivity index (χ3v) is 3.98. The lowest BCUT2D eigenvalue weighted by Crippen LogP contribution is -2.35. The normalized spacial score (nSPS) is 12.8. The third kappa shape index (κ3) is 6.46. The number of nitrogens with two attached hydrogens (primary N) is 1. The van der Waals surface area contributed by atoms with Gasteiger partial charge in [0.2, 0.25) is 5.91 Å². The molecular formula is C16H26ClN3O. The molecule has 5 heteroatoms. The number of nitrogens with zero attached hydrogens (tertiary/aromatic N) is 1. The highest BCUT2D eigenvalue weighted by Crippen LogP contribution is 2.19. The van der Waals surface area contributed by atoms with E-state index in [1.54, 1.807) is 6.07 Å². The Balaban J connectivity index is 2.40. The van der Waals surface area contributed by atoms with Gasteiger partial charge in [0.15, 0.2) is 0 Å². The first kappa shape index (κ1) is 18.0. The number of nitrogens with one attached hydrogen (secondary N) is 1. The van der Waals surface area contributed by atoms with Crippen molar-refractivity contribution in [3.63, 3.8) is 0 Å². The fraction of sp³-hybridized carbons (Fsp3) is 0.562. The molecule has 1 amide bonds. The molecule has 1 atom stereocenters. The van der Waals surface area contributed by atoms with E-state index in [2.05, 4.69) is 19.2 Å². The summed E-state index contributed by atoms with van der Waals surface area (Å²) in [4.78, 5) is 14.0. The maximum atomic E-state index is 12.0. The maximum absolute atomic E-state index is 12.0. The van der Waals surface area contributed by atoms with Crippen LogP contribution in [0.25, 0.3) is 0 Å². The van der Waals surface area contributed by atoms with E-state index < -0.39 is 0 Å². The maximum Gasteiger partial charge on any atom is 0.238 e. The summed E-state index contributed by atoms with van der Waals surface area (Å²) in [6.45, 7) is 7.30. The number of hydrogen-bond acceptors (Lipinski definition) is 3. The Morgan fingerprint density at radius 1 is 1.43 bits per heavy atom. The van der Waals surface area contributed by atoms with Crippen LogP contribution in [0.5, 0.6) is 0 Å². The predicted octanol–water partition coefficient (Wildman–Crippen LogP) is 2.89. The summed E-state index contributed by atoms with van der Waals surface area (Å²) in [5.74, 6) is 0.414. The number of amides is 1. The molecule has 3 N–H and O–H groups in total. The number of hydrogen-bond donors (Lipinski definition) is 2. The van der Waals surface area contributed by atoms with Gasteiger partial charge in [0, 0.05) is 16.8 Å². The summed E-state index contributed by atoms with van der Waals surface area (Å²) in [6.07, 6.45) is 0.887. The topological polar surface area (TPSA) is 58.4 Å². The molecule has 1 rings (SSSR count). The lowest BCUT2D eigenvalue weighted by molar-refractivity contribution is -0.117. The van der Waals surface area contributed by atoms with Crippen LogP contribution in [0, 0.1) is 12.8 Å². The van der Waals surface area contributed by atoms with Gasteiger partial charge in [0.1, 0.15) is 0 Å². The van der Waals surface area contributed by atoms with Gasteiger partial charge in [-0.15, -0.1) is 0 Å². The Bertz CT molecular complexity index is 477. The average molecular weight is 312 g/mol. The molecule has 0 aliphatic rings. The molecule has 0 spiro atoms. The Labute approximate surface area is 132 Å². The van der Waals surface area contributed by atoms with Gasteiger partial charge in [-0.1, -0.05) is 31.5 Å². The number of carbonyl (C=O) groups excluding carboxylic acids is 1. The molecule has 0 fully saturated rings. The lowest BCUT2D eigenvalue weighted by atomic mass is 10.0. The van der Waals surface area contributed by atoms with Crippen LogP contribution in [-0.4, -0.2) is 37.0 Å². The molecule has 0 saturated carbocycles. The number of likely N-dealkylation sites (N-methyl/N-ethyl adjacent to an activating group) is 1. The van der Waals surface area contributed by atoms with Crippen LogP contribution in [-0.2, 0) is 4.79 Å². The summed E-state index contributed by atoms with van der Waals surface area (Å²) >= 11 is 6.04. The molecule has 0 aliphatic carbocycles. The summed E-state index contributed by atoms with van der Waals surface area (Å²) in [6, 6.07) is 5.69. The van der Waals surface area contributed by atoms with Crippen molar-refractivity contribution in [3.8, 4) is 0 Å². The smallest absolute Gasteiger partial charge is 0.238 e. The first-order valence-corrected chi connectivity index (χ1v) is 7.67. The van der Waals surface area contributed by atoms with E-state index in [-0.39, 0.29) is 11.9 Å². The fourth-order valence-electron chi connectivity index (χ4n) is 1.90. The third-order valence-electron chi connectivity index (χ3n) is 3.57. The van der Waals surface area contributed by atoms with Gasteiger partial charge in [-0.3, -0.25) is 9.69 Å². The Morgan fingerprint density at radius 2 is 2.10 bits per heavy atom. The van der Waals surface area contributed by atoms with Crippen LogP contribution >= 0.6 is 11.6 Å². The van der Waals surface area contributed by atoms with Gasteiger partial charge in [-0.25, -0.2) is 0 Å². The molecule has 1 aromatic carbocycles. The Kier molecular flexibility index (Phi) is 7.15. The minimum atomic E-state index is -0.0458. The zero-order valence-corrected chi connectivity index (χ0v) is 14.1. The molecule has 0 aromatic heterocycles. The van der Waals surface area contributed by atoms with Gasteiger partial charge in [0.25, 0.3) is 0 Å². The van der Waals surface area contributed by atoms with E-state index in [0.717, 1.165) is 24.2 Å². The van der Waals surface area contributed by atoms with Crippen molar-refractivity contribution in [3.05, 3.63) is 28.8 Å². The van der Waals surface area contributed by atoms with Crippen LogP contribution in [0.2, 0.25) is 5.02 Å². The second-order valence-corrected chi connectivity index (χ2v) is 6.35. The van der Waals surface area contributed by atoms with E-state index in [4.69, 9.17) is 17.3 Å². The SMILES string of the molecule is Cc1ccc(NC(=O)CN(C)CCC(N)C(C)C)cc1Cl. The quantitative estimate of drug-likeness (QED) is 0.814. The summed E-state index contributed by atoms with van der Waals surface area (Å²) in [5.41, 5.74) is 7.73. The van der Waals surface area contributed by atoms with E-state index in [1.807, 2.05) is 31.0 Å². The van der Waals surface area contributed by atoms with Crippen molar-refractivity contribution in [1.29, 1.82) is 0 Å². The molecule has 1 unspecified atom stereocenters. The molecular weight excluding hydrogens is 286 g/mol. The molecule has 0 aliphatic heterocycles. The number of aryl methyl sites for hydroxylation is 1.